The summed E-state index contributed by atoms with van der Waals surface area (Å²) < 4.78 is 0. The maximum Gasteiger partial charge on any atom is 0.0510 e. The molecule has 1 heterocycles. The van der Waals surface area contributed by atoms with Gasteiger partial charge in [-0.2, -0.15) is 0 Å². The number of fused-ring (bicyclic) bond motifs is 5. The SMILES string of the molecule is Clc1ccc(C2c3ccccc3-c3[nH]c4ccccc4c32)cc1. The highest BCUT2D eigenvalue weighted by Crippen LogP contribution is 2.50. The van der Waals surface area contributed by atoms with Crippen LogP contribution >= 0.6 is 11.6 Å². The molecule has 4 aromatic rings. The van der Waals surface area contributed by atoms with Gasteiger partial charge in [-0.25, -0.2) is 0 Å². The summed E-state index contributed by atoms with van der Waals surface area (Å²) in [5, 5.41) is 2.08. The van der Waals surface area contributed by atoms with Crippen LogP contribution in [-0.4, -0.2) is 4.98 Å². The minimum absolute atomic E-state index is 0.259. The first kappa shape index (κ1) is 13.0. The van der Waals surface area contributed by atoms with Crippen molar-refractivity contribution in [1.29, 1.82) is 0 Å². The maximum atomic E-state index is 6.09. The van der Waals surface area contributed by atoms with Crippen LogP contribution in [-0.2, 0) is 0 Å². The average Bonchev–Trinajstić information content (AvgIpc) is 3.11. The molecule has 0 saturated heterocycles. The average molecular weight is 316 g/mol. The summed E-state index contributed by atoms with van der Waals surface area (Å²) in [6, 6.07) is 25.5. The van der Waals surface area contributed by atoms with Crippen molar-refractivity contribution in [3.8, 4) is 11.3 Å². The van der Waals surface area contributed by atoms with Crippen molar-refractivity contribution in [2.45, 2.75) is 5.92 Å². The Morgan fingerprint density at radius 2 is 1.52 bits per heavy atom. The molecule has 0 amide bonds. The number of benzene rings is 3. The van der Waals surface area contributed by atoms with E-state index in [0.29, 0.717) is 0 Å². The topological polar surface area (TPSA) is 15.8 Å². The summed E-state index contributed by atoms with van der Waals surface area (Å²) in [5.41, 5.74) is 7.78. The summed E-state index contributed by atoms with van der Waals surface area (Å²) in [5.74, 6) is 0.259. The second-order valence-electron chi connectivity index (χ2n) is 6.03. The third-order valence-electron chi connectivity index (χ3n) is 4.78. The molecule has 1 N–H and O–H groups in total. The summed E-state index contributed by atoms with van der Waals surface area (Å²) in [6.07, 6.45) is 0. The van der Waals surface area contributed by atoms with Crippen LogP contribution in [0.25, 0.3) is 22.2 Å². The second-order valence-corrected chi connectivity index (χ2v) is 6.47. The lowest BCUT2D eigenvalue weighted by atomic mass is 9.88. The molecule has 1 nitrogen and oxygen atoms in total. The third kappa shape index (κ3) is 1.80. The van der Waals surface area contributed by atoms with Crippen LogP contribution < -0.4 is 0 Å². The lowest BCUT2D eigenvalue weighted by molar-refractivity contribution is 1.03. The van der Waals surface area contributed by atoms with Crippen LogP contribution in [0.1, 0.15) is 22.6 Å². The van der Waals surface area contributed by atoms with Gasteiger partial charge in [0.15, 0.2) is 0 Å². The molecule has 23 heavy (non-hydrogen) atoms. The number of halogens is 1. The predicted molar refractivity (Wildman–Crippen MR) is 96.1 cm³/mol. The van der Waals surface area contributed by atoms with Gasteiger partial charge < -0.3 is 4.98 Å². The minimum Gasteiger partial charge on any atom is -0.354 e. The van der Waals surface area contributed by atoms with Gasteiger partial charge in [0.2, 0.25) is 0 Å². The van der Waals surface area contributed by atoms with Gasteiger partial charge in [0.05, 0.1) is 5.69 Å². The standard InChI is InChI=1S/C21H14ClN/c22-14-11-9-13(10-12-14)19-15-5-1-2-6-16(15)21-20(19)17-7-3-4-8-18(17)23-21/h1-12,19,23H. The summed E-state index contributed by atoms with van der Waals surface area (Å²) in [7, 11) is 0. The summed E-state index contributed by atoms with van der Waals surface area (Å²) in [4.78, 5) is 3.62. The molecular weight excluding hydrogens is 302 g/mol. The van der Waals surface area contributed by atoms with Gasteiger partial charge in [0, 0.05) is 27.4 Å². The van der Waals surface area contributed by atoms with Gasteiger partial charge in [0.25, 0.3) is 0 Å². The molecule has 2 heteroatoms. The van der Waals surface area contributed by atoms with Gasteiger partial charge in [-0.3, -0.25) is 0 Å². The van der Waals surface area contributed by atoms with Crippen LogP contribution in [0.4, 0.5) is 0 Å². The number of H-pyrrole nitrogens is 1. The van der Waals surface area contributed by atoms with E-state index in [9.17, 15) is 0 Å². The van der Waals surface area contributed by atoms with Crippen molar-refractivity contribution >= 4 is 22.5 Å². The number of hydrogen-bond acceptors (Lipinski definition) is 0. The smallest absolute Gasteiger partial charge is 0.0510 e. The molecule has 0 bridgehead atoms. The number of aromatic amines is 1. The Morgan fingerprint density at radius 1 is 0.783 bits per heavy atom. The molecule has 0 fully saturated rings. The van der Waals surface area contributed by atoms with Gasteiger partial charge >= 0.3 is 0 Å². The lowest BCUT2D eigenvalue weighted by Crippen LogP contribution is -1.98. The number of rotatable bonds is 1. The Kier molecular flexibility index (Phi) is 2.67. The van der Waals surface area contributed by atoms with E-state index in [1.54, 1.807) is 0 Å². The maximum absolute atomic E-state index is 6.09. The van der Waals surface area contributed by atoms with E-state index in [1.807, 2.05) is 12.1 Å². The Bertz CT molecular complexity index is 1030. The van der Waals surface area contributed by atoms with Crippen LogP contribution in [0.3, 0.4) is 0 Å². The molecule has 1 atom stereocenters. The highest BCUT2D eigenvalue weighted by molar-refractivity contribution is 6.30. The molecule has 1 aliphatic rings. The van der Waals surface area contributed by atoms with E-state index in [1.165, 1.54) is 38.9 Å². The number of nitrogens with one attached hydrogen (secondary N) is 1. The predicted octanol–water partition coefficient (Wildman–Crippen LogP) is 5.98. The first-order valence-corrected chi connectivity index (χ1v) is 8.16. The third-order valence-corrected chi connectivity index (χ3v) is 5.03. The quantitative estimate of drug-likeness (QED) is 0.391. The van der Waals surface area contributed by atoms with Crippen molar-refractivity contribution in [1.82, 2.24) is 4.98 Å². The van der Waals surface area contributed by atoms with Crippen molar-refractivity contribution in [3.63, 3.8) is 0 Å². The fraction of sp³-hybridized carbons (Fsp3) is 0.0476. The van der Waals surface area contributed by atoms with Gasteiger partial charge in [-0.1, -0.05) is 66.2 Å². The molecule has 3 aromatic carbocycles. The van der Waals surface area contributed by atoms with E-state index in [-0.39, 0.29) is 5.92 Å². The molecule has 1 unspecified atom stereocenters. The molecular formula is C21H14ClN. The first-order valence-electron chi connectivity index (χ1n) is 7.78. The number of aromatic nitrogens is 1. The molecule has 1 aliphatic carbocycles. The van der Waals surface area contributed by atoms with Crippen LogP contribution in [0.15, 0.2) is 72.8 Å². The monoisotopic (exact) mass is 315 g/mol. The van der Waals surface area contributed by atoms with E-state index in [0.717, 1.165) is 5.02 Å². The van der Waals surface area contributed by atoms with Gasteiger partial charge in [0.1, 0.15) is 0 Å². The Balaban J connectivity index is 1.86. The van der Waals surface area contributed by atoms with E-state index in [2.05, 4.69) is 65.6 Å². The Morgan fingerprint density at radius 3 is 2.39 bits per heavy atom. The first-order chi connectivity index (χ1) is 11.3. The fourth-order valence-corrected chi connectivity index (χ4v) is 3.94. The summed E-state index contributed by atoms with van der Waals surface area (Å²) in [6.45, 7) is 0. The number of para-hydroxylation sites is 1. The van der Waals surface area contributed by atoms with Gasteiger partial charge in [-0.05, 0) is 34.9 Å². The molecule has 0 aliphatic heterocycles. The zero-order valence-electron chi connectivity index (χ0n) is 12.4. The van der Waals surface area contributed by atoms with E-state index >= 15 is 0 Å². The van der Waals surface area contributed by atoms with Crippen LogP contribution in [0.5, 0.6) is 0 Å². The van der Waals surface area contributed by atoms with Crippen LogP contribution in [0, 0.1) is 0 Å². The highest BCUT2D eigenvalue weighted by atomic mass is 35.5. The fourth-order valence-electron chi connectivity index (χ4n) is 3.81. The molecule has 0 spiro atoms. The zero-order valence-corrected chi connectivity index (χ0v) is 13.1. The second kappa shape index (κ2) is 4.74. The zero-order chi connectivity index (χ0) is 15.4. The molecule has 110 valence electrons. The van der Waals surface area contributed by atoms with Gasteiger partial charge in [-0.15, -0.1) is 0 Å². The minimum atomic E-state index is 0.259. The van der Waals surface area contributed by atoms with Crippen molar-refractivity contribution in [2.75, 3.05) is 0 Å². The van der Waals surface area contributed by atoms with E-state index < -0.39 is 0 Å². The van der Waals surface area contributed by atoms with Crippen molar-refractivity contribution in [2.24, 2.45) is 0 Å². The van der Waals surface area contributed by atoms with Crippen LogP contribution in [0.2, 0.25) is 5.02 Å². The summed E-state index contributed by atoms with van der Waals surface area (Å²) >= 11 is 6.09. The largest absolute Gasteiger partial charge is 0.354 e. The number of hydrogen-bond donors (Lipinski definition) is 1. The lowest BCUT2D eigenvalue weighted by Gasteiger charge is -2.14. The van der Waals surface area contributed by atoms with Crippen molar-refractivity contribution in [3.05, 3.63) is 94.5 Å². The van der Waals surface area contributed by atoms with Crippen molar-refractivity contribution < 1.29 is 0 Å². The van der Waals surface area contributed by atoms with E-state index in [4.69, 9.17) is 11.6 Å². The highest BCUT2D eigenvalue weighted by Gasteiger charge is 2.32. The Hall–Kier alpha value is -2.51. The molecule has 0 radical (unpaired) electrons. The molecule has 0 saturated carbocycles. The molecule has 5 rings (SSSR count). The Labute approximate surface area is 139 Å². The normalized spacial score (nSPS) is 15.6. The molecule has 1 aromatic heterocycles.